The van der Waals surface area contributed by atoms with Gasteiger partial charge in [0.1, 0.15) is 18.3 Å². The third-order valence-corrected chi connectivity index (χ3v) is 3.65. The summed E-state index contributed by atoms with van der Waals surface area (Å²) in [4.78, 5) is 20.2. The van der Waals surface area contributed by atoms with Crippen molar-refractivity contribution in [1.82, 2.24) is 30.7 Å². The number of ether oxygens (including phenoxy) is 1. The molecule has 9 heteroatoms. The highest BCUT2D eigenvalue weighted by atomic mass is 16.6. The van der Waals surface area contributed by atoms with Crippen LogP contribution in [-0.4, -0.2) is 52.1 Å². The molecule has 0 fully saturated rings. The number of amides is 1. The third-order valence-electron chi connectivity index (χ3n) is 3.65. The van der Waals surface area contributed by atoms with E-state index < -0.39 is 11.7 Å². The van der Waals surface area contributed by atoms with Crippen LogP contribution < -0.4 is 16.0 Å². The monoisotopic (exact) mass is 401 g/mol. The van der Waals surface area contributed by atoms with Gasteiger partial charge in [0.15, 0.2) is 5.96 Å². The molecule has 0 bridgehead atoms. The van der Waals surface area contributed by atoms with Crippen LogP contribution in [0.5, 0.6) is 0 Å². The second-order valence-corrected chi connectivity index (χ2v) is 7.46. The van der Waals surface area contributed by atoms with E-state index in [-0.39, 0.29) is 0 Å². The minimum Gasteiger partial charge on any atom is -0.444 e. The minimum atomic E-state index is -0.504. The molecule has 0 aliphatic rings. The Morgan fingerprint density at radius 3 is 2.62 bits per heavy atom. The first-order valence-corrected chi connectivity index (χ1v) is 9.75. The summed E-state index contributed by atoms with van der Waals surface area (Å²) >= 11 is 0. The Hall–Kier alpha value is -3.10. The van der Waals surface area contributed by atoms with E-state index >= 15 is 0 Å². The molecule has 0 radical (unpaired) electrons. The molecule has 0 atom stereocenters. The Balaban J connectivity index is 1.83. The van der Waals surface area contributed by atoms with Gasteiger partial charge in [0.25, 0.3) is 0 Å². The highest BCUT2D eigenvalue weighted by Crippen LogP contribution is 2.08. The molecular formula is C20H31N7O2. The van der Waals surface area contributed by atoms with Gasteiger partial charge in [-0.05, 0) is 38.8 Å². The second-order valence-electron chi connectivity index (χ2n) is 7.46. The molecule has 29 heavy (non-hydrogen) atoms. The van der Waals surface area contributed by atoms with E-state index in [4.69, 9.17) is 4.74 Å². The normalized spacial score (nSPS) is 11.8. The van der Waals surface area contributed by atoms with Gasteiger partial charge in [-0.25, -0.2) is 19.5 Å². The first-order valence-electron chi connectivity index (χ1n) is 9.75. The van der Waals surface area contributed by atoms with Gasteiger partial charge < -0.3 is 20.7 Å². The van der Waals surface area contributed by atoms with E-state index in [0.29, 0.717) is 32.1 Å². The minimum absolute atomic E-state index is 0.426. The molecule has 0 saturated carbocycles. The van der Waals surface area contributed by atoms with E-state index in [2.05, 4.69) is 43.2 Å². The predicted molar refractivity (Wildman–Crippen MR) is 113 cm³/mol. The molecule has 1 aromatic carbocycles. The molecule has 9 nitrogen and oxygen atoms in total. The smallest absolute Gasteiger partial charge is 0.407 e. The highest BCUT2D eigenvalue weighted by molar-refractivity contribution is 5.79. The van der Waals surface area contributed by atoms with Crippen molar-refractivity contribution in [3.63, 3.8) is 0 Å². The lowest BCUT2D eigenvalue weighted by Gasteiger charge is -2.19. The first-order chi connectivity index (χ1) is 13.9. The number of aliphatic imine (C=N–C) groups is 1. The van der Waals surface area contributed by atoms with Crippen LogP contribution in [0, 0.1) is 0 Å². The maximum absolute atomic E-state index is 11.7. The number of guanidine groups is 1. The van der Waals surface area contributed by atoms with Crippen LogP contribution in [0.3, 0.4) is 0 Å². The summed E-state index contributed by atoms with van der Waals surface area (Å²) in [6, 6.07) is 8.23. The number of benzene rings is 1. The Morgan fingerprint density at radius 2 is 1.93 bits per heavy atom. The van der Waals surface area contributed by atoms with E-state index in [0.717, 1.165) is 17.7 Å². The lowest BCUT2D eigenvalue weighted by Crippen LogP contribution is -2.42. The van der Waals surface area contributed by atoms with Crippen LogP contribution in [0.2, 0.25) is 0 Å². The van der Waals surface area contributed by atoms with Crippen LogP contribution in [0.1, 0.15) is 38.8 Å². The number of carbonyl (C=O) groups is 1. The molecule has 0 saturated heterocycles. The fourth-order valence-electron chi connectivity index (χ4n) is 2.50. The number of alkyl carbamates (subject to hydrolysis) is 1. The Kier molecular flexibility index (Phi) is 8.45. The molecule has 1 amide bonds. The van der Waals surface area contributed by atoms with E-state index in [1.807, 2.05) is 39.8 Å². The number of hydrogen-bond acceptors (Lipinski definition) is 5. The fraction of sp³-hybridized carbons (Fsp3) is 0.500. The van der Waals surface area contributed by atoms with Gasteiger partial charge in [-0.2, -0.15) is 5.10 Å². The molecule has 1 aromatic heterocycles. The molecule has 2 aromatic rings. The summed E-state index contributed by atoms with van der Waals surface area (Å²) in [6.45, 7) is 10.5. The zero-order valence-corrected chi connectivity index (χ0v) is 17.6. The molecule has 3 N–H and O–H groups in total. The van der Waals surface area contributed by atoms with Crippen molar-refractivity contribution in [3.8, 4) is 0 Å². The summed E-state index contributed by atoms with van der Waals surface area (Å²) in [6.07, 6.45) is 2.80. The van der Waals surface area contributed by atoms with Crippen molar-refractivity contribution in [3.05, 3.63) is 48.0 Å². The number of hydrogen-bond donors (Lipinski definition) is 3. The maximum Gasteiger partial charge on any atom is 0.407 e. The number of carbonyl (C=O) groups excluding carboxylic acids is 1. The molecule has 0 spiro atoms. The summed E-state index contributed by atoms with van der Waals surface area (Å²) in [5.74, 6) is 0.695. The number of nitrogens with zero attached hydrogens (tertiary/aromatic N) is 4. The quantitative estimate of drug-likeness (QED) is 0.354. The van der Waals surface area contributed by atoms with Crippen molar-refractivity contribution in [1.29, 1.82) is 0 Å². The topological polar surface area (TPSA) is 105 Å². The first kappa shape index (κ1) is 22.2. The van der Waals surface area contributed by atoms with Crippen molar-refractivity contribution in [2.75, 3.05) is 19.6 Å². The highest BCUT2D eigenvalue weighted by Gasteiger charge is 2.15. The van der Waals surface area contributed by atoms with Crippen molar-refractivity contribution >= 4 is 12.1 Å². The van der Waals surface area contributed by atoms with Gasteiger partial charge in [0, 0.05) is 19.6 Å². The van der Waals surface area contributed by atoms with Gasteiger partial charge >= 0.3 is 6.09 Å². The van der Waals surface area contributed by atoms with Gasteiger partial charge in [-0.3, -0.25) is 0 Å². The largest absolute Gasteiger partial charge is 0.444 e. The second kappa shape index (κ2) is 11.0. The zero-order valence-electron chi connectivity index (χ0n) is 17.6. The van der Waals surface area contributed by atoms with Crippen molar-refractivity contribution < 1.29 is 9.53 Å². The van der Waals surface area contributed by atoms with E-state index in [9.17, 15) is 4.79 Å². The summed E-state index contributed by atoms with van der Waals surface area (Å²) in [5, 5.41) is 13.3. The standard InChI is InChI=1S/C20H31N7O2/c1-5-22-18(23-9-10-24-19(28)29-20(2,3)4)25-12-16-7-6-8-17(11-16)13-27-15-21-14-26-27/h6-8,11,14-15H,5,9-10,12-13H2,1-4H3,(H,24,28)(H2,22,23,25). The average Bonchev–Trinajstić information content (AvgIpc) is 3.15. The zero-order chi connectivity index (χ0) is 21.1. The third kappa shape index (κ3) is 9.09. The average molecular weight is 402 g/mol. The molecular weight excluding hydrogens is 370 g/mol. The summed E-state index contributed by atoms with van der Waals surface area (Å²) < 4.78 is 7.00. The fourth-order valence-corrected chi connectivity index (χ4v) is 2.50. The molecule has 0 aliphatic carbocycles. The SMILES string of the molecule is CCNC(=NCc1cccc(Cn2cncn2)c1)NCCNC(=O)OC(C)(C)C. The molecule has 158 valence electrons. The summed E-state index contributed by atoms with van der Waals surface area (Å²) in [7, 11) is 0. The van der Waals surface area contributed by atoms with Crippen LogP contribution >= 0.6 is 0 Å². The van der Waals surface area contributed by atoms with Gasteiger partial charge in [0.2, 0.25) is 0 Å². The molecule has 0 unspecified atom stereocenters. The number of rotatable bonds is 8. The molecule has 2 rings (SSSR count). The van der Waals surface area contributed by atoms with Crippen LogP contribution in [0.25, 0.3) is 0 Å². The van der Waals surface area contributed by atoms with Crippen molar-refractivity contribution in [2.45, 2.75) is 46.4 Å². The number of aromatic nitrogens is 3. The van der Waals surface area contributed by atoms with Gasteiger partial charge in [0.05, 0.1) is 13.1 Å². The number of nitrogens with one attached hydrogen (secondary N) is 3. The predicted octanol–water partition coefficient (Wildman–Crippen LogP) is 1.91. The lowest BCUT2D eigenvalue weighted by atomic mass is 10.1. The molecule has 0 aliphatic heterocycles. The van der Waals surface area contributed by atoms with Crippen LogP contribution in [0.4, 0.5) is 4.79 Å². The van der Waals surface area contributed by atoms with E-state index in [1.165, 1.54) is 6.33 Å². The van der Waals surface area contributed by atoms with Crippen LogP contribution in [0.15, 0.2) is 41.9 Å². The molecule has 1 heterocycles. The maximum atomic E-state index is 11.7. The Labute approximate surface area is 172 Å². The Bertz CT molecular complexity index is 782. The van der Waals surface area contributed by atoms with Crippen molar-refractivity contribution in [2.24, 2.45) is 4.99 Å². The summed E-state index contributed by atoms with van der Waals surface area (Å²) in [5.41, 5.74) is 1.74. The van der Waals surface area contributed by atoms with Crippen LogP contribution in [-0.2, 0) is 17.8 Å². The lowest BCUT2D eigenvalue weighted by molar-refractivity contribution is 0.0529. The van der Waals surface area contributed by atoms with Gasteiger partial charge in [-0.15, -0.1) is 0 Å². The Morgan fingerprint density at radius 1 is 1.17 bits per heavy atom. The van der Waals surface area contributed by atoms with E-state index in [1.54, 1.807) is 11.0 Å². The van der Waals surface area contributed by atoms with Gasteiger partial charge in [-0.1, -0.05) is 24.3 Å².